The van der Waals surface area contributed by atoms with E-state index in [1.807, 2.05) is 82.3 Å². The number of rotatable bonds is 5. The maximum absolute atomic E-state index is 11.7. The third kappa shape index (κ3) is 9.45. The largest absolute Gasteiger partial charge is 0.449 e. The molecule has 2 amide bonds. The normalized spacial score (nSPS) is 12.0. The van der Waals surface area contributed by atoms with Crippen molar-refractivity contribution in [2.24, 2.45) is 0 Å². The Balaban J connectivity index is 0.000000184. The van der Waals surface area contributed by atoms with E-state index in [9.17, 15) is 14.4 Å². The Morgan fingerprint density at radius 3 is 2.02 bits per heavy atom. The summed E-state index contributed by atoms with van der Waals surface area (Å²) in [5.74, 6) is -0.254. The molecule has 3 aromatic carbocycles. The van der Waals surface area contributed by atoms with Crippen LogP contribution in [0.1, 0.15) is 28.8 Å². The molecule has 9 heteroatoms. The number of hydrogen-bond acceptors (Lipinski definition) is 4. The van der Waals surface area contributed by atoms with Gasteiger partial charge in [-0.25, -0.2) is 4.79 Å². The monoisotopic (exact) mass is 645 g/mol. The van der Waals surface area contributed by atoms with E-state index in [0.717, 1.165) is 34.6 Å². The first-order valence-electron chi connectivity index (χ1n) is 14.3. The third-order valence-corrected chi connectivity index (χ3v) is 7.37. The maximum Gasteiger partial charge on any atom is 0.414 e. The lowest BCUT2D eigenvalue weighted by Crippen LogP contribution is -2.37. The molecule has 0 atom stereocenters. The lowest BCUT2D eigenvalue weighted by Gasteiger charge is -2.27. The van der Waals surface area contributed by atoms with Crippen LogP contribution in [-0.4, -0.2) is 29.7 Å². The van der Waals surface area contributed by atoms with Gasteiger partial charge in [0.1, 0.15) is 0 Å². The van der Waals surface area contributed by atoms with Crippen LogP contribution in [0.4, 0.5) is 16.2 Å². The van der Waals surface area contributed by atoms with Crippen LogP contribution in [0, 0.1) is 27.7 Å². The second-order valence-electron chi connectivity index (χ2n) is 10.3. The summed E-state index contributed by atoms with van der Waals surface area (Å²) in [4.78, 5) is 37.6. The average Bonchev–Trinajstić information content (AvgIpc) is 3.00. The highest BCUT2D eigenvalue weighted by Gasteiger charge is 2.23. The average molecular weight is 647 g/mol. The quantitative estimate of drug-likeness (QED) is 0.203. The van der Waals surface area contributed by atoms with Crippen molar-refractivity contribution in [1.82, 2.24) is 4.57 Å². The van der Waals surface area contributed by atoms with Gasteiger partial charge in [-0.3, -0.25) is 24.0 Å². The number of aromatic nitrogens is 1. The van der Waals surface area contributed by atoms with Gasteiger partial charge in [-0.15, -0.1) is 0 Å². The van der Waals surface area contributed by atoms with Gasteiger partial charge in [0.15, 0.2) is 0 Å². The Bertz CT molecular complexity index is 1730. The number of hydrogen-bond donors (Lipinski definition) is 0. The van der Waals surface area contributed by atoms with Crippen LogP contribution in [0.15, 0.2) is 109 Å². The van der Waals surface area contributed by atoms with E-state index in [-0.39, 0.29) is 17.6 Å². The van der Waals surface area contributed by atoms with Crippen molar-refractivity contribution in [2.45, 2.75) is 34.1 Å². The van der Waals surface area contributed by atoms with Crippen molar-refractivity contribution in [3.8, 4) is 5.69 Å². The van der Waals surface area contributed by atoms with Crippen molar-refractivity contribution in [1.29, 1.82) is 0 Å². The molecule has 234 valence electrons. The summed E-state index contributed by atoms with van der Waals surface area (Å²) in [6.07, 6.45) is 3.17. The van der Waals surface area contributed by atoms with Gasteiger partial charge in [0.25, 0.3) is 11.5 Å². The van der Waals surface area contributed by atoms with Gasteiger partial charge in [0.2, 0.25) is 0 Å². The summed E-state index contributed by atoms with van der Waals surface area (Å²) >= 11 is 12.1. The fourth-order valence-corrected chi connectivity index (χ4v) is 5.09. The van der Waals surface area contributed by atoms with E-state index >= 15 is 0 Å². The smallest absolute Gasteiger partial charge is 0.414 e. The molecule has 45 heavy (non-hydrogen) atoms. The molecule has 0 radical (unpaired) electrons. The topological polar surface area (TPSA) is 71.8 Å². The Hall–Kier alpha value is -4.59. The van der Waals surface area contributed by atoms with Gasteiger partial charge in [0.05, 0.1) is 28.0 Å². The van der Waals surface area contributed by atoms with Gasteiger partial charge >= 0.3 is 6.09 Å². The molecule has 0 saturated carbocycles. The standard InChI is InChI=1S/C13H13NO.C12H12ClNO.C11H12ClNO2/c1-10-6-8-12(9-7-10)14-11(2)4-3-5-13(14)15;1-4-12(15)14(5-2)11-7-6-9(3)8-10(11)13;1-8-3-4-10(9(12)7-8)13-5-2-6-15-11(13)14/h3-9H,1-2H3;4-8H,1-2H2,3H3;3-4,7H,2,5-6H2,1H3. The molecule has 7 nitrogen and oxygen atoms in total. The first-order chi connectivity index (χ1) is 21.5. The van der Waals surface area contributed by atoms with Gasteiger partial charge in [-0.05, 0) is 93.8 Å². The van der Waals surface area contributed by atoms with E-state index in [0.29, 0.717) is 28.9 Å². The van der Waals surface area contributed by atoms with Crippen LogP contribution in [-0.2, 0) is 9.53 Å². The summed E-state index contributed by atoms with van der Waals surface area (Å²) in [5.41, 5.74) is 6.54. The summed E-state index contributed by atoms with van der Waals surface area (Å²) in [7, 11) is 0. The predicted octanol–water partition coefficient (Wildman–Crippen LogP) is 8.76. The van der Waals surface area contributed by atoms with Crippen LogP contribution in [0.5, 0.6) is 0 Å². The molecule has 0 bridgehead atoms. The molecule has 0 unspecified atom stereocenters. The SMILES string of the molecule is C=CC(=O)N(C=C)c1ccc(C)cc1Cl.Cc1ccc(-n2c(C)cccc2=O)cc1.Cc1ccc(N2CCCOC2=O)c(Cl)c1. The van der Waals surface area contributed by atoms with Gasteiger partial charge in [-0.2, -0.15) is 0 Å². The molecule has 1 aliphatic heterocycles. The first-order valence-corrected chi connectivity index (χ1v) is 15.0. The number of ether oxygens (including phenoxy) is 1. The lowest BCUT2D eigenvalue weighted by atomic mass is 10.2. The molecule has 5 rings (SSSR count). The number of halogens is 2. The predicted molar refractivity (Wildman–Crippen MR) is 185 cm³/mol. The molecule has 4 aromatic rings. The van der Waals surface area contributed by atoms with E-state index in [2.05, 4.69) is 13.2 Å². The molecule has 2 heterocycles. The van der Waals surface area contributed by atoms with Crippen molar-refractivity contribution < 1.29 is 14.3 Å². The number of anilines is 2. The number of cyclic esters (lactones) is 1. The zero-order valence-electron chi connectivity index (χ0n) is 25.9. The van der Waals surface area contributed by atoms with Crippen molar-refractivity contribution in [3.05, 3.63) is 147 Å². The summed E-state index contributed by atoms with van der Waals surface area (Å²) in [6.45, 7) is 16.0. The number of benzene rings is 3. The van der Waals surface area contributed by atoms with Gasteiger partial charge in [-0.1, -0.05) is 72.3 Å². The molecular formula is C36H37Cl2N3O4. The molecular weight excluding hydrogens is 609 g/mol. The van der Waals surface area contributed by atoms with Crippen molar-refractivity contribution >= 4 is 46.6 Å². The zero-order chi connectivity index (χ0) is 33.1. The van der Waals surface area contributed by atoms with Gasteiger partial charge in [0, 0.05) is 30.2 Å². The number of carbonyl (C=O) groups excluding carboxylic acids is 2. The van der Waals surface area contributed by atoms with Crippen LogP contribution in [0.3, 0.4) is 0 Å². The van der Waals surface area contributed by atoms with Crippen LogP contribution >= 0.6 is 23.2 Å². The molecule has 0 aliphatic carbocycles. The van der Waals surface area contributed by atoms with E-state index in [4.69, 9.17) is 27.9 Å². The number of nitrogens with zero attached hydrogens (tertiary/aromatic N) is 3. The molecule has 0 N–H and O–H groups in total. The Labute approximate surface area is 274 Å². The van der Waals surface area contributed by atoms with Crippen LogP contribution in [0.25, 0.3) is 5.69 Å². The minimum absolute atomic E-state index is 0.0128. The number of aryl methyl sites for hydroxylation is 4. The van der Waals surface area contributed by atoms with Gasteiger partial charge < -0.3 is 4.74 Å². The molecule has 1 aromatic heterocycles. The zero-order valence-corrected chi connectivity index (χ0v) is 27.4. The lowest BCUT2D eigenvalue weighted by molar-refractivity contribution is -0.113. The second-order valence-corrected chi connectivity index (χ2v) is 11.1. The summed E-state index contributed by atoms with van der Waals surface area (Å²) < 4.78 is 6.67. The fourth-order valence-electron chi connectivity index (χ4n) is 4.43. The minimum atomic E-state index is -0.313. The highest BCUT2D eigenvalue weighted by Crippen LogP contribution is 2.29. The van der Waals surface area contributed by atoms with E-state index in [1.54, 1.807) is 33.7 Å². The van der Waals surface area contributed by atoms with Crippen molar-refractivity contribution in [2.75, 3.05) is 23.0 Å². The fraction of sp³-hybridized carbons (Fsp3) is 0.194. The molecule has 1 aliphatic rings. The summed E-state index contributed by atoms with van der Waals surface area (Å²) in [6, 6.07) is 24.3. The highest BCUT2D eigenvalue weighted by atomic mass is 35.5. The number of carbonyl (C=O) groups is 2. The third-order valence-electron chi connectivity index (χ3n) is 6.76. The van der Waals surface area contributed by atoms with Crippen molar-refractivity contribution in [3.63, 3.8) is 0 Å². The minimum Gasteiger partial charge on any atom is -0.449 e. The number of pyridine rings is 1. The molecule has 1 saturated heterocycles. The summed E-state index contributed by atoms with van der Waals surface area (Å²) in [5, 5.41) is 1.11. The van der Waals surface area contributed by atoms with Crippen LogP contribution in [0.2, 0.25) is 10.0 Å². The molecule has 0 spiro atoms. The number of amides is 2. The Kier molecular flexibility index (Phi) is 12.8. The highest BCUT2D eigenvalue weighted by molar-refractivity contribution is 6.34. The Morgan fingerprint density at radius 2 is 1.47 bits per heavy atom. The maximum atomic E-state index is 11.7. The van der Waals surface area contributed by atoms with E-state index in [1.165, 1.54) is 22.7 Å². The second kappa shape index (κ2) is 16.5. The Morgan fingerprint density at radius 1 is 0.844 bits per heavy atom. The van der Waals surface area contributed by atoms with Crippen LogP contribution < -0.4 is 15.4 Å². The first kappa shape index (κ1) is 34.9. The molecule has 1 fully saturated rings. The van der Waals surface area contributed by atoms with E-state index < -0.39 is 0 Å².